The molecular formula is C14H30N2. The predicted molar refractivity (Wildman–Crippen MR) is 71.9 cm³/mol. The van der Waals surface area contributed by atoms with Crippen LogP contribution >= 0.6 is 0 Å². The summed E-state index contributed by atoms with van der Waals surface area (Å²) in [6.07, 6.45) is 6.74. The van der Waals surface area contributed by atoms with E-state index in [0.717, 1.165) is 6.54 Å². The summed E-state index contributed by atoms with van der Waals surface area (Å²) in [5.74, 6) is 0. The molecule has 0 amide bonds. The van der Waals surface area contributed by atoms with Gasteiger partial charge in [-0.2, -0.15) is 0 Å². The standard InChI is InChI=1S/C14H30N2/c1-5-7-8-9-10-16-11-13(6-2)15-12-14(16,3)4/h13,15H,5-12H2,1-4H3. The lowest BCUT2D eigenvalue weighted by Gasteiger charge is -2.46. The molecule has 0 aromatic rings. The Bertz CT molecular complexity index is 189. The van der Waals surface area contributed by atoms with Crippen LogP contribution in [0.2, 0.25) is 0 Å². The van der Waals surface area contributed by atoms with E-state index in [2.05, 4.69) is 37.9 Å². The van der Waals surface area contributed by atoms with E-state index in [9.17, 15) is 0 Å². The molecule has 16 heavy (non-hydrogen) atoms. The Kier molecular flexibility index (Phi) is 5.77. The predicted octanol–water partition coefficient (Wildman–Crippen LogP) is 3.03. The summed E-state index contributed by atoms with van der Waals surface area (Å²) in [6.45, 7) is 12.9. The number of hydrogen-bond acceptors (Lipinski definition) is 2. The lowest BCUT2D eigenvalue weighted by molar-refractivity contribution is 0.0634. The van der Waals surface area contributed by atoms with Gasteiger partial charge in [0.25, 0.3) is 0 Å². The first kappa shape index (κ1) is 14.0. The SMILES string of the molecule is CCCCCCN1CC(CC)NCC1(C)C. The second-order valence-electron chi connectivity index (χ2n) is 5.81. The van der Waals surface area contributed by atoms with Crippen molar-refractivity contribution in [3.8, 4) is 0 Å². The number of rotatable bonds is 6. The zero-order valence-corrected chi connectivity index (χ0v) is 11.7. The van der Waals surface area contributed by atoms with E-state index in [-0.39, 0.29) is 0 Å². The minimum absolute atomic E-state index is 0.345. The molecule has 1 fully saturated rings. The van der Waals surface area contributed by atoms with Gasteiger partial charge in [0, 0.05) is 24.7 Å². The summed E-state index contributed by atoms with van der Waals surface area (Å²) in [6, 6.07) is 0.708. The first-order valence-electron chi connectivity index (χ1n) is 7.08. The zero-order chi connectivity index (χ0) is 12.0. The van der Waals surface area contributed by atoms with Gasteiger partial charge >= 0.3 is 0 Å². The molecule has 2 heteroatoms. The molecular weight excluding hydrogens is 196 g/mol. The molecule has 1 aliphatic rings. The highest BCUT2D eigenvalue weighted by molar-refractivity contribution is 4.92. The average molecular weight is 226 g/mol. The van der Waals surface area contributed by atoms with E-state index in [0.29, 0.717) is 11.6 Å². The van der Waals surface area contributed by atoms with Crippen LogP contribution in [-0.2, 0) is 0 Å². The van der Waals surface area contributed by atoms with Crippen molar-refractivity contribution in [1.29, 1.82) is 0 Å². The van der Waals surface area contributed by atoms with E-state index in [1.54, 1.807) is 0 Å². The third kappa shape index (κ3) is 4.06. The zero-order valence-electron chi connectivity index (χ0n) is 11.7. The summed E-state index contributed by atoms with van der Waals surface area (Å²) in [7, 11) is 0. The molecule has 1 unspecified atom stereocenters. The van der Waals surface area contributed by atoms with E-state index in [1.807, 2.05) is 0 Å². The van der Waals surface area contributed by atoms with Crippen LogP contribution in [0.5, 0.6) is 0 Å². The molecule has 1 atom stereocenters. The van der Waals surface area contributed by atoms with Gasteiger partial charge in [0.2, 0.25) is 0 Å². The van der Waals surface area contributed by atoms with Crippen LogP contribution in [0.25, 0.3) is 0 Å². The normalized spacial score (nSPS) is 25.9. The summed E-state index contributed by atoms with van der Waals surface area (Å²) in [5, 5.41) is 3.65. The first-order valence-corrected chi connectivity index (χ1v) is 7.08. The fourth-order valence-corrected chi connectivity index (χ4v) is 2.48. The molecule has 2 nitrogen and oxygen atoms in total. The smallest absolute Gasteiger partial charge is 0.0278 e. The van der Waals surface area contributed by atoms with Gasteiger partial charge in [0.05, 0.1) is 0 Å². The highest BCUT2D eigenvalue weighted by Crippen LogP contribution is 2.20. The van der Waals surface area contributed by atoms with Gasteiger partial charge in [-0.15, -0.1) is 0 Å². The van der Waals surface area contributed by atoms with E-state index >= 15 is 0 Å². The van der Waals surface area contributed by atoms with Crippen LogP contribution in [0.3, 0.4) is 0 Å². The number of piperazine rings is 1. The second kappa shape index (κ2) is 6.61. The first-order chi connectivity index (χ1) is 7.60. The van der Waals surface area contributed by atoms with Crippen molar-refractivity contribution in [3.63, 3.8) is 0 Å². The minimum Gasteiger partial charge on any atom is -0.311 e. The summed E-state index contributed by atoms with van der Waals surface area (Å²) in [4.78, 5) is 2.69. The fraction of sp³-hybridized carbons (Fsp3) is 1.00. The van der Waals surface area contributed by atoms with Gasteiger partial charge in [-0.1, -0.05) is 33.1 Å². The molecule has 1 rings (SSSR count). The number of nitrogens with one attached hydrogen (secondary N) is 1. The van der Waals surface area contributed by atoms with Gasteiger partial charge in [-0.05, 0) is 33.2 Å². The lowest BCUT2D eigenvalue weighted by atomic mass is 9.96. The van der Waals surface area contributed by atoms with Gasteiger partial charge < -0.3 is 5.32 Å². The van der Waals surface area contributed by atoms with Crippen molar-refractivity contribution in [2.75, 3.05) is 19.6 Å². The summed E-state index contributed by atoms with van der Waals surface area (Å²) in [5.41, 5.74) is 0.345. The molecule has 0 radical (unpaired) electrons. The maximum atomic E-state index is 3.65. The maximum Gasteiger partial charge on any atom is 0.0278 e. The molecule has 0 aliphatic carbocycles. The Morgan fingerprint density at radius 3 is 2.56 bits per heavy atom. The Balaban J connectivity index is 2.34. The topological polar surface area (TPSA) is 15.3 Å². The molecule has 0 aromatic carbocycles. The molecule has 0 saturated carbocycles. The molecule has 1 N–H and O–H groups in total. The van der Waals surface area contributed by atoms with E-state index in [1.165, 1.54) is 45.2 Å². The van der Waals surface area contributed by atoms with E-state index in [4.69, 9.17) is 0 Å². The summed E-state index contributed by atoms with van der Waals surface area (Å²) >= 11 is 0. The summed E-state index contributed by atoms with van der Waals surface area (Å²) < 4.78 is 0. The monoisotopic (exact) mass is 226 g/mol. The average Bonchev–Trinajstić information content (AvgIpc) is 2.26. The van der Waals surface area contributed by atoms with Crippen LogP contribution in [0, 0.1) is 0 Å². The van der Waals surface area contributed by atoms with Gasteiger partial charge in [-0.3, -0.25) is 4.90 Å². The Labute approximate surface area is 102 Å². The lowest BCUT2D eigenvalue weighted by Crippen LogP contribution is -2.61. The van der Waals surface area contributed by atoms with Crippen LogP contribution in [0.15, 0.2) is 0 Å². The molecule has 1 saturated heterocycles. The van der Waals surface area contributed by atoms with Crippen molar-refractivity contribution in [2.24, 2.45) is 0 Å². The van der Waals surface area contributed by atoms with E-state index < -0.39 is 0 Å². The van der Waals surface area contributed by atoms with Crippen molar-refractivity contribution in [2.45, 2.75) is 71.4 Å². The maximum absolute atomic E-state index is 3.65. The van der Waals surface area contributed by atoms with Crippen LogP contribution in [0.4, 0.5) is 0 Å². The second-order valence-corrected chi connectivity index (χ2v) is 5.81. The van der Waals surface area contributed by atoms with Crippen molar-refractivity contribution < 1.29 is 0 Å². The van der Waals surface area contributed by atoms with Gasteiger partial charge in [0.1, 0.15) is 0 Å². The van der Waals surface area contributed by atoms with Gasteiger partial charge in [-0.25, -0.2) is 0 Å². The van der Waals surface area contributed by atoms with Crippen LogP contribution < -0.4 is 5.32 Å². The number of hydrogen-bond donors (Lipinski definition) is 1. The molecule has 0 aromatic heterocycles. The Morgan fingerprint density at radius 1 is 1.19 bits per heavy atom. The van der Waals surface area contributed by atoms with Crippen molar-refractivity contribution in [3.05, 3.63) is 0 Å². The highest BCUT2D eigenvalue weighted by Gasteiger charge is 2.32. The molecule has 0 spiro atoms. The van der Waals surface area contributed by atoms with Crippen LogP contribution in [-0.4, -0.2) is 36.1 Å². The van der Waals surface area contributed by atoms with Gasteiger partial charge in [0.15, 0.2) is 0 Å². The molecule has 96 valence electrons. The number of nitrogens with zero attached hydrogens (tertiary/aromatic N) is 1. The van der Waals surface area contributed by atoms with Crippen LogP contribution in [0.1, 0.15) is 59.8 Å². The third-order valence-corrected chi connectivity index (χ3v) is 3.89. The van der Waals surface area contributed by atoms with Crippen molar-refractivity contribution >= 4 is 0 Å². The molecule has 0 bridgehead atoms. The molecule has 1 aliphatic heterocycles. The largest absolute Gasteiger partial charge is 0.311 e. The highest BCUT2D eigenvalue weighted by atomic mass is 15.3. The molecule has 1 heterocycles. The quantitative estimate of drug-likeness (QED) is 0.700. The number of unbranched alkanes of at least 4 members (excludes halogenated alkanes) is 3. The minimum atomic E-state index is 0.345. The third-order valence-electron chi connectivity index (χ3n) is 3.89. The Morgan fingerprint density at radius 2 is 1.94 bits per heavy atom. The fourth-order valence-electron chi connectivity index (χ4n) is 2.48. The van der Waals surface area contributed by atoms with Crippen molar-refractivity contribution in [1.82, 2.24) is 10.2 Å². The Hall–Kier alpha value is -0.0800.